The Morgan fingerprint density at radius 1 is 1.33 bits per heavy atom. The molecule has 0 amide bonds. The first-order valence-corrected chi connectivity index (χ1v) is 4.22. The molecule has 0 aromatic rings. The Hall–Kier alpha value is 0.270. The van der Waals surface area contributed by atoms with E-state index in [1.54, 1.807) is 0 Å². The van der Waals surface area contributed by atoms with E-state index in [-0.39, 0.29) is 0 Å². The molecule has 2 N–H and O–H groups in total. The largest absolute Gasteiger partial charge is 0.317 e. The molecule has 0 saturated carbocycles. The van der Waals surface area contributed by atoms with Gasteiger partial charge in [0.15, 0.2) is 0 Å². The molecule has 56 valence electrons. The number of rotatable bonds is 6. The van der Waals surface area contributed by atoms with Gasteiger partial charge >= 0.3 is 0 Å². The van der Waals surface area contributed by atoms with E-state index in [4.69, 9.17) is 4.55 Å². The zero-order valence-electron chi connectivity index (χ0n) is 5.89. The Balaban J connectivity index is 2.60. The summed E-state index contributed by atoms with van der Waals surface area (Å²) in [6.45, 7) is 3.11. The van der Waals surface area contributed by atoms with Gasteiger partial charge in [-0.05, 0) is 6.42 Å². The highest BCUT2D eigenvalue weighted by Crippen LogP contribution is 1.97. The predicted molar refractivity (Wildman–Crippen MR) is 42.4 cm³/mol. The summed E-state index contributed by atoms with van der Waals surface area (Å²) in [5, 5.41) is 0. The number of hydrogen-bond acceptors (Lipinski definition) is 3. The summed E-state index contributed by atoms with van der Waals surface area (Å²) in [6, 6.07) is 0. The summed E-state index contributed by atoms with van der Waals surface area (Å²) in [5.41, 5.74) is 0. The average molecular weight is 149 g/mol. The molecule has 3 heteroatoms. The van der Waals surface area contributed by atoms with E-state index >= 15 is 0 Å². The van der Waals surface area contributed by atoms with Crippen LogP contribution in [0.4, 0.5) is 0 Å². The smallest absolute Gasteiger partial charge is 0.0759 e. The van der Waals surface area contributed by atoms with Gasteiger partial charge in [-0.25, -0.2) is 4.72 Å². The highest BCUT2D eigenvalue weighted by atomic mass is 32.2. The second-order valence-corrected chi connectivity index (χ2v) is 2.52. The van der Waals surface area contributed by atoms with E-state index in [1.807, 2.05) is 0 Å². The van der Waals surface area contributed by atoms with Crippen LogP contribution in [0.25, 0.3) is 0 Å². The molecule has 0 bridgehead atoms. The number of hydrogen-bond donors (Lipinski definition) is 2. The van der Waals surface area contributed by atoms with E-state index in [1.165, 1.54) is 25.7 Å². The molecule has 0 aromatic heterocycles. The molecule has 0 saturated heterocycles. The van der Waals surface area contributed by atoms with Crippen LogP contribution < -0.4 is 4.72 Å². The third-order valence-corrected chi connectivity index (χ3v) is 1.53. The topological polar surface area (TPSA) is 32.3 Å². The average Bonchev–Trinajstić information content (AvgIpc) is 1.89. The summed E-state index contributed by atoms with van der Waals surface area (Å²) in [7, 11) is 0. The van der Waals surface area contributed by atoms with E-state index in [2.05, 4.69) is 11.6 Å². The van der Waals surface area contributed by atoms with Crippen LogP contribution in [0.15, 0.2) is 0 Å². The minimum Gasteiger partial charge on any atom is -0.317 e. The van der Waals surface area contributed by atoms with Gasteiger partial charge < -0.3 is 4.55 Å². The summed E-state index contributed by atoms with van der Waals surface area (Å²) >= 11 is 0.710. The lowest BCUT2D eigenvalue weighted by atomic mass is 10.2. The first-order chi connectivity index (χ1) is 4.41. The van der Waals surface area contributed by atoms with Crippen molar-refractivity contribution < 1.29 is 4.55 Å². The molecule has 0 rings (SSSR count). The van der Waals surface area contributed by atoms with Crippen LogP contribution in [-0.2, 0) is 0 Å². The van der Waals surface area contributed by atoms with Crippen molar-refractivity contribution in [2.45, 2.75) is 32.6 Å². The fourth-order valence-corrected chi connectivity index (χ4v) is 0.905. The first kappa shape index (κ1) is 9.27. The molecule has 0 unspecified atom stereocenters. The second-order valence-electron chi connectivity index (χ2n) is 2.05. The van der Waals surface area contributed by atoms with Crippen molar-refractivity contribution in [2.75, 3.05) is 6.54 Å². The highest BCUT2D eigenvalue weighted by Gasteiger charge is 1.85. The van der Waals surface area contributed by atoms with E-state index in [0.29, 0.717) is 12.2 Å². The van der Waals surface area contributed by atoms with Crippen molar-refractivity contribution in [1.82, 2.24) is 4.72 Å². The number of nitrogens with one attached hydrogen (secondary N) is 1. The molecule has 0 aliphatic rings. The molecule has 0 heterocycles. The molecule has 0 aliphatic heterocycles. The van der Waals surface area contributed by atoms with Gasteiger partial charge in [-0.2, -0.15) is 0 Å². The number of unbranched alkanes of at least 4 members (excludes halogenated alkanes) is 3. The first-order valence-electron chi connectivity index (χ1n) is 3.45. The molecule has 2 nitrogen and oxygen atoms in total. The Bertz CT molecular complexity index is 46.3. The van der Waals surface area contributed by atoms with Gasteiger partial charge in [-0.15, -0.1) is 0 Å². The molecular formula is C6H15NOS. The van der Waals surface area contributed by atoms with Gasteiger partial charge in [0, 0.05) is 6.54 Å². The van der Waals surface area contributed by atoms with E-state index in [0.717, 1.165) is 6.54 Å². The normalized spacial score (nSPS) is 10.0. The lowest BCUT2D eigenvalue weighted by Crippen LogP contribution is -2.03. The Morgan fingerprint density at radius 3 is 2.67 bits per heavy atom. The molecule has 0 fully saturated rings. The summed E-state index contributed by atoms with van der Waals surface area (Å²) in [6.07, 6.45) is 5.01. The Labute approximate surface area is 61.4 Å². The highest BCUT2D eigenvalue weighted by molar-refractivity contribution is 7.91. The Morgan fingerprint density at radius 2 is 2.11 bits per heavy atom. The van der Waals surface area contributed by atoms with Gasteiger partial charge in [0.05, 0.1) is 12.2 Å². The van der Waals surface area contributed by atoms with E-state index in [9.17, 15) is 0 Å². The fourth-order valence-electron chi connectivity index (χ4n) is 0.670. The van der Waals surface area contributed by atoms with Crippen LogP contribution >= 0.6 is 12.2 Å². The zero-order chi connectivity index (χ0) is 6.95. The predicted octanol–water partition coefficient (Wildman–Crippen LogP) is 2.28. The lowest BCUT2D eigenvalue weighted by Gasteiger charge is -1.97. The molecule has 0 aromatic carbocycles. The van der Waals surface area contributed by atoms with Gasteiger partial charge in [-0.1, -0.05) is 26.2 Å². The van der Waals surface area contributed by atoms with Crippen LogP contribution in [0.2, 0.25) is 0 Å². The van der Waals surface area contributed by atoms with Gasteiger partial charge in [0.1, 0.15) is 0 Å². The monoisotopic (exact) mass is 149 g/mol. The van der Waals surface area contributed by atoms with Crippen molar-refractivity contribution in [2.24, 2.45) is 0 Å². The standard InChI is InChI=1S/C6H15NOS/c1-2-3-4-5-6-7-9-8/h7-8H,2-6H2,1H3. The SMILES string of the molecule is CCCCCCNSO. The molecule has 0 aliphatic carbocycles. The van der Waals surface area contributed by atoms with Crippen LogP contribution in [0.3, 0.4) is 0 Å². The van der Waals surface area contributed by atoms with Gasteiger partial charge in [0.25, 0.3) is 0 Å². The second kappa shape index (κ2) is 8.27. The molecular weight excluding hydrogens is 134 g/mol. The van der Waals surface area contributed by atoms with Crippen molar-refractivity contribution in [3.05, 3.63) is 0 Å². The molecule has 0 radical (unpaired) electrons. The summed E-state index contributed by atoms with van der Waals surface area (Å²) in [5.74, 6) is 0. The molecule has 0 spiro atoms. The maximum Gasteiger partial charge on any atom is 0.0759 e. The summed E-state index contributed by atoms with van der Waals surface area (Å²) < 4.78 is 11.0. The van der Waals surface area contributed by atoms with Crippen LogP contribution in [0.1, 0.15) is 32.6 Å². The van der Waals surface area contributed by atoms with Crippen LogP contribution in [-0.4, -0.2) is 11.1 Å². The third-order valence-electron chi connectivity index (χ3n) is 1.20. The Kier molecular flexibility index (Phi) is 8.52. The lowest BCUT2D eigenvalue weighted by molar-refractivity contribution is 0.627. The third kappa shape index (κ3) is 8.27. The minimum atomic E-state index is 0.710. The quantitative estimate of drug-likeness (QED) is 0.345. The van der Waals surface area contributed by atoms with Crippen molar-refractivity contribution in [3.8, 4) is 0 Å². The maximum atomic E-state index is 8.23. The maximum absolute atomic E-state index is 8.23. The van der Waals surface area contributed by atoms with Gasteiger partial charge in [0.2, 0.25) is 0 Å². The van der Waals surface area contributed by atoms with Crippen molar-refractivity contribution in [3.63, 3.8) is 0 Å². The van der Waals surface area contributed by atoms with Crippen LogP contribution in [0, 0.1) is 0 Å². The summed E-state index contributed by atoms with van der Waals surface area (Å²) in [4.78, 5) is 0. The molecule has 0 atom stereocenters. The fraction of sp³-hybridized carbons (Fsp3) is 1.00. The minimum absolute atomic E-state index is 0.710. The van der Waals surface area contributed by atoms with Crippen molar-refractivity contribution in [1.29, 1.82) is 0 Å². The molecule has 9 heavy (non-hydrogen) atoms. The van der Waals surface area contributed by atoms with Gasteiger partial charge in [-0.3, -0.25) is 0 Å². The van der Waals surface area contributed by atoms with Crippen LogP contribution in [0.5, 0.6) is 0 Å². The van der Waals surface area contributed by atoms with Crippen molar-refractivity contribution >= 4 is 12.2 Å². The zero-order valence-corrected chi connectivity index (χ0v) is 6.71. The van der Waals surface area contributed by atoms with E-state index < -0.39 is 0 Å².